The van der Waals surface area contributed by atoms with Crippen LogP contribution in [0.15, 0.2) is 0 Å². The van der Waals surface area contributed by atoms with Gasteiger partial charge in [0.05, 0.1) is 6.42 Å². The van der Waals surface area contributed by atoms with E-state index < -0.39 is 0 Å². The Morgan fingerprint density at radius 2 is 2.08 bits per heavy atom. The average molecular weight is 178 g/mol. The van der Waals surface area contributed by atoms with E-state index in [1.807, 2.05) is 0 Å². The predicted molar refractivity (Wildman–Crippen MR) is 54.2 cm³/mol. The maximum Gasteiger partial charge on any atom is 0.148 e. The van der Waals surface area contributed by atoms with Crippen LogP contribution in [-0.4, -0.2) is 5.78 Å². The van der Waals surface area contributed by atoms with E-state index in [0.29, 0.717) is 24.0 Å². The van der Waals surface area contributed by atoms with Crippen LogP contribution in [0, 0.1) is 23.7 Å². The first-order valence-electron chi connectivity index (χ1n) is 5.18. The number of carbonyl (C=O) groups is 1. The summed E-state index contributed by atoms with van der Waals surface area (Å²) in [5, 5.41) is 0. The highest BCUT2D eigenvalue weighted by atomic mass is 16.1. The van der Waals surface area contributed by atoms with Gasteiger partial charge in [-0.15, -0.1) is 5.92 Å². The third-order valence-corrected chi connectivity index (χ3v) is 2.96. The Morgan fingerprint density at radius 1 is 1.38 bits per heavy atom. The van der Waals surface area contributed by atoms with E-state index in [9.17, 15) is 4.79 Å². The van der Waals surface area contributed by atoms with Crippen molar-refractivity contribution in [1.29, 1.82) is 0 Å². The lowest BCUT2D eigenvalue weighted by Gasteiger charge is -2.26. The summed E-state index contributed by atoms with van der Waals surface area (Å²) < 4.78 is 0. The van der Waals surface area contributed by atoms with Crippen LogP contribution in [0.1, 0.15) is 46.0 Å². The third-order valence-electron chi connectivity index (χ3n) is 2.96. The van der Waals surface area contributed by atoms with Crippen LogP contribution < -0.4 is 0 Å². The van der Waals surface area contributed by atoms with Gasteiger partial charge in [0.25, 0.3) is 0 Å². The number of hydrogen-bond acceptors (Lipinski definition) is 1. The molecule has 2 unspecified atom stereocenters. The van der Waals surface area contributed by atoms with Gasteiger partial charge in [-0.05, 0) is 19.3 Å². The zero-order valence-electron chi connectivity index (χ0n) is 8.60. The zero-order valence-corrected chi connectivity index (χ0v) is 8.60. The van der Waals surface area contributed by atoms with Crippen molar-refractivity contribution in [2.45, 2.75) is 46.0 Å². The van der Waals surface area contributed by atoms with Gasteiger partial charge in [0.15, 0.2) is 0 Å². The Bertz CT molecular complexity index is 231. The summed E-state index contributed by atoms with van der Waals surface area (Å²) in [5.74, 6) is 6.89. The van der Waals surface area contributed by atoms with Crippen molar-refractivity contribution >= 4 is 5.78 Å². The van der Waals surface area contributed by atoms with Gasteiger partial charge in [0.1, 0.15) is 5.78 Å². The Hall–Kier alpha value is -0.770. The molecule has 13 heavy (non-hydrogen) atoms. The average Bonchev–Trinajstić information content (AvgIpc) is 2.15. The number of hydrogen-bond donors (Lipinski definition) is 0. The maximum absolute atomic E-state index is 11.7. The molecule has 0 aromatic heterocycles. The number of Topliss-reactive ketones (excluding diaryl/α,β-unsaturated/α-hetero) is 1. The molecule has 1 rings (SSSR count). The van der Waals surface area contributed by atoms with Crippen molar-refractivity contribution in [2.75, 3.05) is 0 Å². The quantitative estimate of drug-likeness (QED) is 0.594. The first-order valence-corrected chi connectivity index (χ1v) is 5.18. The fraction of sp³-hybridized carbons (Fsp3) is 0.750. The molecule has 0 aromatic carbocycles. The van der Waals surface area contributed by atoms with Gasteiger partial charge in [-0.25, -0.2) is 0 Å². The molecule has 1 heteroatoms. The Morgan fingerprint density at radius 3 is 2.69 bits per heavy atom. The lowest BCUT2D eigenvalue weighted by Crippen LogP contribution is -2.24. The fourth-order valence-corrected chi connectivity index (χ4v) is 2.10. The van der Waals surface area contributed by atoms with E-state index in [0.717, 1.165) is 6.42 Å². The third kappa shape index (κ3) is 2.88. The molecule has 1 saturated carbocycles. The van der Waals surface area contributed by atoms with Gasteiger partial charge in [0, 0.05) is 5.92 Å². The largest absolute Gasteiger partial charge is 0.298 e. The Balaban J connectivity index is 2.47. The molecule has 0 bridgehead atoms. The van der Waals surface area contributed by atoms with Crippen molar-refractivity contribution in [1.82, 2.24) is 0 Å². The van der Waals surface area contributed by atoms with E-state index >= 15 is 0 Å². The summed E-state index contributed by atoms with van der Waals surface area (Å²) >= 11 is 0. The Labute approximate surface area is 80.9 Å². The molecule has 0 radical (unpaired) electrons. The molecular formula is C12H18O. The Kier molecular flexibility index (Phi) is 4.02. The molecule has 0 spiro atoms. The SMILES string of the molecule is CC#CCC(=O)C1CCCCC1C. The standard InChI is InChI=1S/C12H18O/c1-3-4-9-12(13)11-8-6-5-7-10(11)2/h10-11H,5-9H2,1-2H3. The number of ketones is 1. The maximum atomic E-state index is 11.7. The molecule has 1 aliphatic carbocycles. The lowest BCUT2D eigenvalue weighted by molar-refractivity contribution is -0.124. The van der Waals surface area contributed by atoms with Gasteiger partial charge in [0.2, 0.25) is 0 Å². The normalized spacial score (nSPS) is 27.5. The predicted octanol–water partition coefficient (Wildman–Crippen LogP) is 2.80. The summed E-state index contributed by atoms with van der Waals surface area (Å²) in [4.78, 5) is 11.7. The lowest BCUT2D eigenvalue weighted by atomic mass is 9.77. The highest BCUT2D eigenvalue weighted by molar-refractivity contribution is 5.83. The molecule has 0 aromatic rings. The van der Waals surface area contributed by atoms with E-state index in [1.54, 1.807) is 6.92 Å². The van der Waals surface area contributed by atoms with Gasteiger partial charge >= 0.3 is 0 Å². The molecule has 2 atom stereocenters. The van der Waals surface area contributed by atoms with Crippen LogP contribution in [0.4, 0.5) is 0 Å². The topological polar surface area (TPSA) is 17.1 Å². The summed E-state index contributed by atoms with van der Waals surface area (Å²) in [6.45, 7) is 3.98. The summed E-state index contributed by atoms with van der Waals surface area (Å²) in [7, 11) is 0. The van der Waals surface area contributed by atoms with E-state index in [1.165, 1.54) is 19.3 Å². The van der Waals surface area contributed by atoms with E-state index in [-0.39, 0.29) is 0 Å². The van der Waals surface area contributed by atoms with Crippen molar-refractivity contribution in [3.05, 3.63) is 0 Å². The van der Waals surface area contributed by atoms with E-state index in [2.05, 4.69) is 18.8 Å². The van der Waals surface area contributed by atoms with Gasteiger partial charge in [-0.2, -0.15) is 0 Å². The molecule has 1 aliphatic rings. The second kappa shape index (κ2) is 5.07. The van der Waals surface area contributed by atoms with Crippen LogP contribution in [0.2, 0.25) is 0 Å². The van der Waals surface area contributed by atoms with Crippen molar-refractivity contribution < 1.29 is 4.79 Å². The van der Waals surface area contributed by atoms with Gasteiger partial charge in [-0.3, -0.25) is 4.79 Å². The minimum atomic E-state index is 0.301. The van der Waals surface area contributed by atoms with Crippen molar-refractivity contribution in [3.63, 3.8) is 0 Å². The zero-order chi connectivity index (χ0) is 9.68. The van der Waals surface area contributed by atoms with Crippen LogP contribution in [0.25, 0.3) is 0 Å². The second-order valence-corrected chi connectivity index (χ2v) is 3.94. The van der Waals surface area contributed by atoms with Crippen LogP contribution in [0.3, 0.4) is 0 Å². The number of rotatable bonds is 2. The van der Waals surface area contributed by atoms with Crippen LogP contribution >= 0.6 is 0 Å². The highest BCUT2D eigenvalue weighted by Gasteiger charge is 2.26. The molecule has 0 amide bonds. The van der Waals surface area contributed by atoms with Crippen molar-refractivity contribution in [3.8, 4) is 11.8 Å². The molecule has 0 aliphatic heterocycles. The number of carbonyl (C=O) groups excluding carboxylic acids is 1. The van der Waals surface area contributed by atoms with E-state index in [4.69, 9.17) is 0 Å². The van der Waals surface area contributed by atoms with Crippen molar-refractivity contribution in [2.24, 2.45) is 11.8 Å². The monoisotopic (exact) mass is 178 g/mol. The highest BCUT2D eigenvalue weighted by Crippen LogP contribution is 2.30. The molecule has 0 heterocycles. The van der Waals surface area contributed by atoms with Crippen LogP contribution in [-0.2, 0) is 4.79 Å². The summed E-state index contributed by atoms with van der Waals surface area (Å²) in [6.07, 6.45) is 5.29. The molecule has 72 valence electrons. The fourth-order valence-electron chi connectivity index (χ4n) is 2.10. The second-order valence-electron chi connectivity index (χ2n) is 3.94. The molecular weight excluding hydrogens is 160 g/mol. The van der Waals surface area contributed by atoms with Gasteiger partial charge < -0.3 is 0 Å². The molecule has 1 fully saturated rings. The first-order chi connectivity index (χ1) is 6.25. The molecule has 0 saturated heterocycles. The smallest absolute Gasteiger partial charge is 0.148 e. The minimum absolute atomic E-state index is 0.301. The van der Waals surface area contributed by atoms with Crippen LogP contribution in [0.5, 0.6) is 0 Å². The first kappa shape index (κ1) is 10.3. The minimum Gasteiger partial charge on any atom is -0.298 e. The molecule has 0 N–H and O–H groups in total. The summed E-state index contributed by atoms with van der Waals surface area (Å²) in [5.41, 5.74) is 0. The van der Waals surface area contributed by atoms with Gasteiger partial charge in [-0.1, -0.05) is 32.1 Å². The molecule has 1 nitrogen and oxygen atoms in total. The summed E-state index contributed by atoms with van der Waals surface area (Å²) in [6, 6.07) is 0.